The average molecular weight is 587 g/mol. The molecule has 3 N–H and O–H groups in total. The van der Waals surface area contributed by atoms with E-state index in [4.69, 9.17) is 38.4 Å². The van der Waals surface area contributed by atoms with Crippen LogP contribution >= 0.6 is 46.3 Å². The van der Waals surface area contributed by atoms with E-state index < -0.39 is 11.9 Å². The Labute approximate surface area is 231 Å². The molecule has 0 radical (unpaired) electrons. The van der Waals surface area contributed by atoms with E-state index in [2.05, 4.69) is 15.5 Å². The highest BCUT2D eigenvalue weighted by Crippen LogP contribution is 2.34. The molecule has 0 atom stereocenters. The molecule has 3 aromatic rings. The van der Waals surface area contributed by atoms with Crippen LogP contribution in [0.25, 0.3) is 0 Å². The van der Waals surface area contributed by atoms with Gasteiger partial charge in [-0.25, -0.2) is 4.79 Å². The second-order valence-corrected chi connectivity index (χ2v) is 10.5. The van der Waals surface area contributed by atoms with E-state index in [1.165, 1.54) is 11.8 Å². The van der Waals surface area contributed by atoms with Crippen LogP contribution in [0.5, 0.6) is 5.75 Å². The van der Waals surface area contributed by atoms with Crippen molar-refractivity contribution < 1.29 is 23.9 Å². The number of nitrogens with zero attached hydrogens (tertiary/aromatic N) is 3. The number of benzene rings is 1. The summed E-state index contributed by atoms with van der Waals surface area (Å²) in [6.07, 6.45) is 1.28. The van der Waals surface area contributed by atoms with Crippen LogP contribution < -0.4 is 15.8 Å². The number of esters is 1. The van der Waals surface area contributed by atoms with E-state index in [-0.39, 0.29) is 33.7 Å². The van der Waals surface area contributed by atoms with Crippen molar-refractivity contribution in [1.82, 2.24) is 14.8 Å². The third-order valence-corrected chi connectivity index (χ3v) is 7.83. The predicted octanol–water partition coefficient (Wildman–Crippen LogP) is 4.51. The first kappa shape index (κ1) is 28.8. The second-order valence-electron chi connectivity index (χ2n) is 7.67. The SMILES string of the molecule is CCOC(=O)c1c(NC(=O)CSc2nnc(CCCOc3ccc(Cl)cc3Cl)n2C)sc(C(N)=O)c1C. The van der Waals surface area contributed by atoms with E-state index in [0.29, 0.717) is 46.0 Å². The smallest absolute Gasteiger partial charge is 0.341 e. The van der Waals surface area contributed by atoms with Crippen LogP contribution in [0.2, 0.25) is 10.0 Å². The topological polar surface area (TPSA) is 138 Å². The van der Waals surface area contributed by atoms with Crippen LogP contribution in [0.1, 0.15) is 44.8 Å². The molecule has 0 aliphatic carbocycles. The minimum absolute atomic E-state index is 0.00919. The third-order valence-electron chi connectivity index (χ3n) is 5.06. The molecule has 0 bridgehead atoms. The molecule has 0 spiro atoms. The van der Waals surface area contributed by atoms with Gasteiger partial charge in [0.15, 0.2) is 5.16 Å². The number of nitrogens with one attached hydrogen (secondary N) is 1. The Balaban J connectivity index is 1.55. The fourth-order valence-electron chi connectivity index (χ4n) is 3.27. The zero-order chi connectivity index (χ0) is 27.1. The van der Waals surface area contributed by atoms with E-state index in [1.54, 1.807) is 36.6 Å². The zero-order valence-corrected chi connectivity index (χ0v) is 23.4. The van der Waals surface area contributed by atoms with Crippen LogP contribution in [0.4, 0.5) is 5.00 Å². The maximum atomic E-state index is 12.6. The monoisotopic (exact) mass is 585 g/mol. The van der Waals surface area contributed by atoms with Crippen LogP contribution in [-0.4, -0.2) is 51.5 Å². The highest BCUT2D eigenvalue weighted by Gasteiger charge is 2.26. The average Bonchev–Trinajstić information content (AvgIpc) is 3.35. The molecular weight excluding hydrogens is 561 g/mol. The number of hydrogen-bond acceptors (Lipinski definition) is 9. The molecule has 10 nitrogen and oxygen atoms in total. The van der Waals surface area contributed by atoms with Gasteiger partial charge in [-0.1, -0.05) is 35.0 Å². The summed E-state index contributed by atoms with van der Waals surface area (Å²) >= 11 is 14.1. The molecule has 0 fully saturated rings. The number of carbonyl (C=O) groups is 3. The highest BCUT2D eigenvalue weighted by atomic mass is 35.5. The molecule has 1 aromatic carbocycles. The van der Waals surface area contributed by atoms with Gasteiger partial charge in [-0.2, -0.15) is 0 Å². The van der Waals surface area contributed by atoms with Crippen molar-refractivity contribution in [3.05, 3.63) is 50.1 Å². The quantitative estimate of drug-likeness (QED) is 0.180. The molecular formula is C23H25Cl2N5O5S2. The van der Waals surface area contributed by atoms with Gasteiger partial charge in [-0.3, -0.25) is 9.59 Å². The Morgan fingerprint density at radius 1 is 1.24 bits per heavy atom. The van der Waals surface area contributed by atoms with Crippen LogP contribution in [-0.2, 0) is 23.0 Å². The molecule has 3 rings (SSSR count). The van der Waals surface area contributed by atoms with Crippen molar-refractivity contribution in [1.29, 1.82) is 0 Å². The number of ether oxygens (including phenoxy) is 2. The second kappa shape index (κ2) is 13.1. The van der Waals surface area contributed by atoms with Crippen molar-refractivity contribution in [3.63, 3.8) is 0 Å². The van der Waals surface area contributed by atoms with E-state index in [9.17, 15) is 14.4 Å². The van der Waals surface area contributed by atoms with Gasteiger partial charge in [-0.05, 0) is 44.0 Å². The summed E-state index contributed by atoms with van der Waals surface area (Å²) in [5.74, 6) is -0.400. The Kier molecular flexibility index (Phi) is 10.2. The normalized spacial score (nSPS) is 10.8. The number of anilines is 1. The van der Waals surface area contributed by atoms with Gasteiger partial charge in [0.05, 0.1) is 34.4 Å². The molecule has 2 aromatic heterocycles. The number of aryl methyl sites for hydroxylation is 1. The number of thiophene rings is 1. The predicted molar refractivity (Wildman–Crippen MR) is 144 cm³/mol. The lowest BCUT2D eigenvalue weighted by Crippen LogP contribution is -2.17. The van der Waals surface area contributed by atoms with Crippen molar-refractivity contribution in [3.8, 4) is 5.75 Å². The number of rotatable bonds is 12. The Morgan fingerprint density at radius 2 is 2.00 bits per heavy atom. The number of carbonyl (C=O) groups excluding carboxylic acids is 3. The molecule has 2 amide bonds. The first-order valence-electron chi connectivity index (χ1n) is 11.1. The Hall–Kier alpha value is -2.80. The minimum atomic E-state index is -0.684. The van der Waals surface area contributed by atoms with E-state index in [1.807, 2.05) is 7.05 Å². The zero-order valence-electron chi connectivity index (χ0n) is 20.3. The van der Waals surface area contributed by atoms with Crippen LogP contribution in [0, 0.1) is 6.92 Å². The van der Waals surface area contributed by atoms with Crippen molar-refractivity contribution in [2.75, 3.05) is 24.3 Å². The Bertz CT molecular complexity index is 1310. The molecule has 0 aliphatic rings. The van der Waals surface area contributed by atoms with Gasteiger partial charge in [0.1, 0.15) is 16.6 Å². The number of amides is 2. The lowest BCUT2D eigenvalue weighted by molar-refractivity contribution is -0.113. The molecule has 0 aliphatic heterocycles. The van der Waals surface area contributed by atoms with Gasteiger partial charge in [0.25, 0.3) is 5.91 Å². The number of primary amides is 1. The van der Waals surface area contributed by atoms with Crippen molar-refractivity contribution in [2.24, 2.45) is 12.8 Å². The van der Waals surface area contributed by atoms with Gasteiger partial charge < -0.3 is 25.1 Å². The summed E-state index contributed by atoms with van der Waals surface area (Å²) < 4.78 is 12.6. The van der Waals surface area contributed by atoms with Crippen molar-refractivity contribution in [2.45, 2.75) is 31.8 Å². The number of thioether (sulfide) groups is 1. The molecule has 198 valence electrons. The molecule has 0 saturated heterocycles. The molecule has 14 heteroatoms. The standard InChI is InChI=1S/C23H25Cl2N5O5S2/c1-4-34-22(33)18-12(2)19(20(26)32)37-21(18)27-17(31)11-36-23-29-28-16(30(23)3)6-5-9-35-15-8-7-13(24)10-14(15)25/h7-8,10H,4-6,9,11H2,1-3H3,(H2,26,32)(H,27,31). The van der Waals surface area contributed by atoms with Crippen LogP contribution in [0.3, 0.4) is 0 Å². The summed E-state index contributed by atoms with van der Waals surface area (Å²) in [6.45, 7) is 3.83. The third kappa shape index (κ3) is 7.37. The summed E-state index contributed by atoms with van der Waals surface area (Å²) in [5, 5.41) is 12.8. The number of nitrogens with two attached hydrogens (primary N) is 1. The van der Waals surface area contributed by atoms with E-state index >= 15 is 0 Å². The lowest BCUT2D eigenvalue weighted by Gasteiger charge is -2.08. The van der Waals surface area contributed by atoms with Gasteiger partial charge in [-0.15, -0.1) is 21.5 Å². The molecule has 0 unspecified atom stereocenters. The number of hydrogen-bond donors (Lipinski definition) is 2. The fraction of sp³-hybridized carbons (Fsp3) is 0.348. The number of aromatic nitrogens is 3. The van der Waals surface area contributed by atoms with E-state index in [0.717, 1.165) is 17.2 Å². The maximum Gasteiger partial charge on any atom is 0.341 e. The van der Waals surface area contributed by atoms with Gasteiger partial charge in [0, 0.05) is 18.5 Å². The number of halogens is 2. The Morgan fingerprint density at radius 3 is 2.68 bits per heavy atom. The highest BCUT2D eigenvalue weighted by molar-refractivity contribution is 7.99. The largest absolute Gasteiger partial charge is 0.492 e. The van der Waals surface area contributed by atoms with Gasteiger partial charge in [0.2, 0.25) is 5.91 Å². The van der Waals surface area contributed by atoms with Gasteiger partial charge >= 0.3 is 5.97 Å². The minimum Gasteiger partial charge on any atom is -0.492 e. The lowest BCUT2D eigenvalue weighted by atomic mass is 10.1. The first-order valence-corrected chi connectivity index (χ1v) is 13.7. The van der Waals surface area contributed by atoms with Crippen LogP contribution in [0.15, 0.2) is 23.4 Å². The summed E-state index contributed by atoms with van der Waals surface area (Å²) in [7, 11) is 1.81. The molecule has 2 heterocycles. The molecule has 0 saturated carbocycles. The molecule has 37 heavy (non-hydrogen) atoms. The first-order chi connectivity index (χ1) is 17.6. The fourth-order valence-corrected chi connectivity index (χ4v) is 5.53. The summed E-state index contributed by atoms with van der Waals surface area (Å²) in [4.78, 5) is 36.9. The summed E-state index contributed by atoms with van der Waals surface area (Å²) in [5.41, 5.74) is 5.91. The van der Waals surface area contributed by atoms with Crippen molar-refractivity contribution >= 4 is 69.1 Å². The maximum absolute atomic E-state index is 12.6. The summed E-state index contributed by atoms with van der Waals surface area (Å²) in [6, 6.07) is 5.04.